The highest BCUT2D eigenvalue weighted by molar-refractivity contribution is 7.11. The summed E-state index contributed by atoms with van der Waals surface area (Å²) in [5.41, 5.74) is 1.35. The third-order valence-corrected chi connectivity index (χ3v) is 4.90. The number of hydrogen-bond donors (Lipinski definition) is 1. The Hall–Kier alpha value is -1.13. The van der Waals surface area contributed by atoms with Crippen LogP contribution < -0.4 is 5.32 Å². The van der Waals surface area contributed by atoms with Gasteiger partial charge < -0.3 is 9.88 Å². The van der Waals surface area contributed by atoms with Crippen molar-refractivity contribution in [3.8, 4) is 0 Å². The van der Waals surface area contributed by atoms with Gasteiger partial charge >= 0.3 is 0 Å². The second kappa shape index (κ2) is 5.47. The van der Waals surface area contributed by atoms with Gasteiger partial charge in [-0.1, -0.05) is 0 Å². The lowest BCUT2D eigenvalue weighted by Gasteiger charge is -2.19. The third-order valence-electron chi connectivity index (χ3n) is 3.88. The number of aryl methyl sites for hydroxylation is 1. The van der Waals surface area contributed by atoms with Crippen molar-refractivity contribution in [1.82, 2.24) is 14.9 Å². The van der Waals surface area contributed by atoms with Crippen molar-refractivity contribution in [2.24, 2.45) is 0 Å². The fraction of sp³-hybridized carbons (Fsp3) is 0.533. The molecule has 0 spiro atoms. The lowest BCUT2D eigenvalue weighted by atomic mass is 10.1. The monoisotopic (exact) mass is 275 g/mol. The number of hydrogen-bond acceptors (Lipinski definition) is 3. The topological polar surface area (TPSA) is 29.9 Å². The van der Waals surface area contributed by atoms with Gasteiger partial charge in [-0.15, -0.1) is 11.3 Å². The normalized spacial score (nSPS) is 20.8. The van der Waals surface area contributed by atoms with Gasteiger partial charge in [-0.3, -0.25) is 0 Å². The fourth-order valence-electron chi connectivity index (χ4n) is 2.87. The summed E-state index contributed by atoms with van der Waals surface area (Å²) in [7, 11) is 0. The maximum Gasteiger partial charge on any atom is 0.0951 e. The van der Waals surface area contributed by atoms with Crippen molar-refractivity contribution in [3.05, 3.63) is 40.1 Å². The van der Waals surface area contributed by atoms with Gasteiger partial charge in [0.25, 0.3) is 0 Å². The molecule has 4 heteroatoms. The summed E-state index contributed by atoms with van der Waals surface area (Å²) < 4.78 is 2.35. The summed E-state index contributed by atoms with van der Waals surface area (Å²) in [5, 5.41) is 3.56. The van der Waals surface area contributed by atoms with E-state index in [0.29, 0.717) is 12.1 Å². The minimum atomic E-state index is 0.470. The molecule has 0 aromatic carbocycles. The van der Waals surface area contributed by atoms with Crippen LogP contribution in [0.4, 0.5) is 0 Å². The number of rotatable bonds is 4. The molecule has 1 saturated heterocycles. The molecule has 2 unspecified atom stereocenters. The predicted octanol–water partition coefficient (Wildman–Crippen LogP) is 3.48. The van der Waals surface area contributed by atoms with E-state index in [1.54, 1.807) is 0 Å². The first-order valence-electron chi connectivity index (χ1n) is 7.04. The quantitative estimate of drug-likeness (QED) is 0.926. The van der Waals surface area contributed by atoms with E-state index >= 15 is 0 Å². The number of thiophene rings is 1. The Morgan fingerprint density at radius 3 is 3.11 bits per heavy atom. The van der Waals surface area contributed by atoms with Gasteiger partial charge in [-0.2, -0.15) is 0 Å². The molecular formula is C15H21N3S. The van der Waals surface area contributed by atoms with Gasteiger partial charge in [0.2, 0.25) is 0 Å². The highest BCUT2D eigenvalue weighted by Crippen LogP contribution is 2.27. The Bertz CT molecular complexity index is 537. The van der Waals surface area contributed by atoms with Crippen LogP contribution in [0.25, 0.3) is 0 Å². The molecule has 1 aliphatic rings. The Kier molecular flexibility index (Phi) is 3.71. The number of aromatic nitrogens is 2. The van der Waals surface area contributed by atoms with E-state index in [4.69, 9.17) is 0 Å². The van der Waals surface area contributed by atoms with E-state index in [-0.39, 0.29) is 0 Å². The molecule has 0 radical (unpaired) electrons. The van der Waals surface area contributed by atoms with Crippen LogP contribution in [0.2, 0.25) is 0 Å². The Balaban J connectivity index is 1.76. The van der Waals surface area contributed by atoms with Crippen molar-refractivity contribution in [2.75, 3.05) is 6.54 Å². The first kappa shape index (κ1) is 12.9. The lowest BCUT2D eigenvalue weighted by Crippen LogP contribution is -2.19. The van der Waals surface area contributed by atoms with Gasteiger partial charge in [0, 0.05) is 34.5 Å². The van der Waals surface area contributed by atoms with Gasteiger partial charge in [0.15, 0.2) is 0 Å². The summed E-state index contributed by atoms with van der Waals surface area (Å²) in [6.07, 6.45) is 7.61. The van der Waals surface area contributed by atoms with E-state index < -0.39 is 0 Å². The number of nitrogens with zero attached hydrogens (tertiary/aromatic N) is 2. The molecule has 0 amide bonds. The average molecular weight is 275 g/mol. The molecule has 3 rings (SSSR count). The van der Waals surface area contributed by atoms with Gasteiger partial charge in [0.05, 0.1) is 12.0 Å². The molecule has 19 heavy (non-hydrogen) atoms. The second-order valence-electron chi connectivity index (χ2n) is 5.44. The summed E-state index contributed by atoms with van der Waals surface area (Å²) in [6, 6.07) is 5.43. The zero-order valence-corrected chi connectivity index (χ0v) is 12.4. The molecule has 2 aromatic rings. The Morgan fingerprint density at radius 1 is 1.53 bits per heavy atom. The van der Waals surface area contributed by atoms with Crippen LogP contribution in [0, 0.1) is 6.92 Å². The molecule has 0 aliphatic carbocycles. The maximum atomic E-state index is 4.36. The highest BCUT2D eigenvalue weighted by Gasteiger charge is 2.21. The first-order valence-corrected chi connectivity index (χ1v) is 7.86. The van der Waals surface area contributed by atoms with E-state index in [2.05, 4.69) is 40.8 Å². The molecular weight excluding hydrogens is 254 g/mol. The molecule has 1 fully saturated rings. The Morgan fingerprint density at radius 2 is 2.42 bits per heavy atom. The van der Waals surface area contributed by atoms with Gasteiger partial charge in [-0.05, 0) is 45.4 Å². The molecule has 0 saturated carbocycles. The molecule has 3 nitrogen and oxygen atoms in total. The molecule has 0 bridgehead atoms. The van der Waals surface area contributed by atoms with E-state index in [1.165, 1.54) is 28.3 Å². The average Bonchev–Trinajstić information content (AvgIpc) is 3.07. The summed E-state index contributed by atoms with van der Waals surface area (Å²) in [6.45, 7) is 5.59. The minimum absolute atomic E-state index is 0.470. The molecule has 102 valence electrons. The van der Waals surface area contributed by atoms with E-state index in [9.17, 15) is 0 Å². The van der Waals surface area contributed by atoms with Crippen LogP contribution in [-0.4, -0.2) is 16.1 Å². The zero-order valence-electron chi connectivity index (χ0n) is 11.6. The molecule has 3 heterocycles. The highest BCUT2D eigenvalue weighted by atomic mass is 32.1. The van der Waals surface area contributed by atoms with Crippen LogP contribution in [0.3, 0.4) is 0 Å². The Labute approximate surface area is 118 Å². The lowest BCUT2D eigenvalue weighted by molar-refractivity contribution is 0.491. The number of nitrogens with one attached hydrogen (secondary N) is 1. The summed E-state index contributed by atoms with van der Waals surface area (Å²) >= 11 is 1.90. The van der Waals surface area contributed by atoms with Crippen LogP contribution in [0.15, 0.2) is 24.7 Å². The van der Waals surface area contributed by atoms with Crippen molar-refractivity contribution in [1.29, 1.82) is 0 Å². The zero-order chi connectivity index (χ0) is 13.2. The fourth-order valence-corrected chi connectivity index (χ4v) is 3.88. The SMILES string of the molecule is Cc1ccc(CC(C)n2cncc2C2CCCN2)s1. The largest absolute Gasteiger partial charge is 0.330 e. The van der Waals surface area contributed by atoms with E-state index in [0.717, 1.165) is 13.0 Å². The van der Waals surface area contributed by atoms with Crippen molar-refractivity contribution < 1.29 is 0 Å². The first-order chi connectivity index (χ1) is 9.24. The van der Waals surface area contributed by atoms with E-state index in [1.807, 2.05) is 23.9 Å². The van der Waals surface area contributed by atoms with Gasteiger partial charge in [0.1, 0.15) is 0 Å². The number of imidazole rings is 1. The van der Waals surface area contributed by atoms with Crippen molar-refractivity contribution in [2.45, 2.75) is 45.2 Å². The predicted molar refractivity (Wildman–Crippen MR) is 79.7 cm³/mol. The smallest absolute Gasteiger partial charge is 0.0951 e. The minimum Gasteiger partial charge on any atom is -0.330 e. The van der Waals surface area contributed by atoms with Crippen LogP contribution in [0.5, 0.6) is 0 Å². The maximum absolute atomic E-state index is 4.36. The molecule has 1 aliphatic heterocycles. The van der Waals surface area contributed by atoms with Crippen molar-refractivity contribution >= 4 is 11.3 Å². The molecule has 2 atom stereocenters. The third kappa shape index (κ3) is 2.74. The summed E-state index contributed by atoms with van der Waals surface area (Å²) in [5.74, 6) is 0. The standard InChI is InChI=1S/C15H21N3S/c1-11(8-13-6-5-12(2)19-13)18-10-16-9-15(18)14-4-3-7-17-14/h5-6,9-11,14,17H,3-4,7-8H2,1-2H3. The molecule has 2 aromatic heterocycles. The molecule has 1 N–H and O–H groups in total. The van der Waals surface area contributed by atoms with Crippen LogP contribution in [0.1, 0.15) is 47.3 Å². The second-order valence-corrected chi connectivity index (χ2v) is 6.81. The van der Waals surface area contributed by atoms with Crippen LogP contribution in [-0.2, 0) is 6.42 Å². The van der Waals surface area contributed by atoms with Crippen LogP contribution >= 0.6 is 11.3 Å². The van der Waals surface area contributed by atoms with Crippen molar-refractivity contribution in [3.63, 3.8) is 0 Å². The summed E-state index contributed by atoms with van der Waals surface area (Å²) in [4.78, 5) is 7.22. The van der Waals surface area contributed by atoms with Gasteiger partial charge in [-0.25, -0.2) is 4.98 Å².